The number of carbonyl (C=O) groups is 1. The summed E-state index contributed by atoms with van der Waals surface area (Å²) in [5.41, 5.74) is 0.995. The van der Waals surface area contributed by atoms with Gasteiger partial charge in [-0.1, -0.05) is 23.5 Å². The van der Waals surface area contributed by atoms with Crippen molar-refractivity contribution in [3.05, 3.63) is 45.7 Å². The standard InChI is InChI=1S/C11H8BFN2O2S/c12-17-11(16)10-15-14-9(18-10)6-3-7-1-4-8(13)5-2-7/h1-2,4-5H,3,6H2. The summed E-state index contributed by atoms with van der Waals surface area (Å²) >= 11 is 1.14. The first-order chi connectivity index (χ1) is 8.69. The van der Waals surface area contributed by atoms with Crippen molar-refractivity contribution in [1.82, 2.24) is 10.2 Å². The zero-order valence-electron chi connectivity index (χ0n) is 9.30. The molecule has 4 nitrogen and oxygen atoms in total. The van der Waals surface area contributed by atoms with Gasteiger partial charge in [0.1, 0.15) is 10.8 Å². The summed E-state index contributed by atoms with van der Waals surface area (Å²) in [6, 6.07) is 6.25. The maximum atomic E-state index is 12.7. The van der Waals surface area contributed by atoms with Crippen LogP contribution in [0.5, 0.6) is 0 Å². The van der Waals surface area contributed by atoms with Crippen molar-refractivity contribution >= 4 is 25.4 Å². The van der Waals surface area contributed by atoms with Crippen molar-refractivity contribution in [3.8, 4) is 0 Å². The zero-order chi connectivity index (χ0) is 13.0. The van der Waals surface area contributed by atoms with E-state index in [-0.39, 0.29) is 10.8 Å². The summed E-state index contributed by atoms with van der Waals surface area (Å²) in [5, 5.41) is 8.36. The largest absolute Gasteiger partial charge is 0.538 e. The average Bonchev–Trinajstić information content (AvgIpc) is 2.86. The lowest BCUT2D eigenvalue weighted by Gasteiger charge is -1.98. The van der Waals surface area contributed by atoms with Gasteiger partial charge in [-0.2, -0.15) is 0 Å². The van der Waals surface area contributed by atoms with E-state index in [2.05, 4.69) is 14.9 Å². The van der Waals surface area contributed by atoms with Gasteiger partial charge in [-0.05, 0) is 24.1 Å². The average molecular weight is 262 g/mol. The maximum absolute atomic E-state index is 12.7. The molecule has 0 fully saturated rings. The lowest BCUT2D eigenvalue weighted by atomic mass is 10.1. The Labute approximate surface area is 108 Å². The molecule has 0 saturated heterocycles. The van der Waals surface area contributed by atoms with E-state index >= 15 is 0 Å². The first-order valence-electron chi connectivity index (χ1n) is 5.17. The van der Waals surface area contributed by atoms with Crippen LogP contribution in [0.4, 0.5) is 4.39 Å². The molecule has 90 valence electrons. The summed E-state index contributed by atoms with van der Waals surface area (Å²) in [7, 11) is 4.75. The molecule has 0 saturated carbocycles. The number of aryl methyl sites for hydroxylation is 2. The quantitative estimate of drug-likeness (QED) is 0.787. The fourth-order valence-corrected chi connectivity index (χ4v) is 2.11. The van der Waals surface area contributed by atoms with Crippen LogP contribution in [0, 0.1) is 5.82 Å². The molecular formula is C11H8BFN2O2S. The molecule has 1 aromatic heterocycles. The number of halogens is 1. The van der Waals surface area contributed by atoms with Crippen molar-refractivity contribution in [2.45, 2.75) is 12.8 Å². The van der Waals surface area contributed by atoms with Crippen LogP contribution in [-0.2, 0) is 17.5 Å². The van der Waals surface area contributed by atoms with Crippen LogP contribution in [-0.4, -0.2) is 24.2 Å². The summed E-state index contributed by atoms with van der Waals surface area (Å²) in [5.74, 6) is -0.955. The normalized spacial score (nSPS) is 10.3. The molecule has 0 aliphatic carbocycles. The number of carbonyl (C=O) groups excluding carboxylic acids is 1. The van der Waals surface area contributed by atoms with Crippen LogP contribution < -0.4 is 0 Å². The lowest BCUT2D eigenvalue weighted by molar-refractivity contribution is 0.0748. The number of benzene rings is 1. The Balaban J connectivity index is 1.96. The Morgan fingerprint density at radius 2 is 2.00 bits per heavy atom. The van der Waals surface area contributed by atoms with Gasteiger partial charge in [-0.25, -0.2) is 9.18 Å². The van der Waals surface area contributed by atoms with E-state index in [1.807, 2.05) is 0 Å². The zero-order valence-corrected chi connectivity index (χ0v) is 10.1. The van der Waals surface area contributed by atoms with Gasteiger partial charge < -0.3 is 4.65 Å². The monoisotopic (exact) mass is 262 g/mol. The van der Waals surface area contributed by atoms with Crippen molar-refractivity contribution in [3.63, 3.8) is 0 Å². The van der Waals surface area contributed by atoms with Gasteiger partial charge in [0.2, 0.25) is 5.01 Å². The molecule has 1 aromatic carbocycles. The Hall–Kier alpha value is -1.76. The number of hydrogen-bond donors (Lipinski definition) is 0. The van der Waals surface area contributed by atoms with Crippen molar-refractivity contribution < 1.29 is 13.8 Å². The molecule has 2 radical (unpaired) electrons. The Morgan fingerprint density at radius 3 is 2.67 bits per heavy atom. The second-order valence-electron chi connectivity index (χ2n) is 3.53. The molecule has 2 aromatic rings. The van der Waals surface area contributed by atoms with Crippen LogP contribution in [0.2, 0.25) is 0 Å². The van der Waals surface area contributed by atoms with E-state index < -0.39 is 5.97 Å². The highest BCUT2D eigenvalue weighted by molar-refractivity contribution is 7.13. The number of aromatic nitrogens is 2. The highest BCUT2D eigenvalue weighted by atomic mass is 32.1. The molecule has 1 heterocycles. The van der Waals surface area contributed by atoms with Crippen LogP contribution in [0.15, 0.2) is 24.3 Å². The van der Waals surface area contributed by atoms with E-state index in [1.54, 1.807) is 12.1 Å². The first-order valence-corrected chi connectivity index (χ1v) is 5.98. The predicted molar refractivity (Wildman–Crippen MR) is 64.9 cm³/mol. The molecule has 0 N–H and O–H groups in total. The topological polar surface area (TPSA) is 52.1 Å². The van der Waals surface area contributed by atoms with Gasteiger partial charge in [0, 0.05) is 6.42 Å². The third kappa shape index (κ3) is 3.13. The molecule has 0 aliphatic heterocycles. The van der Waals surface area contributed by atoms with E-state index in [4.69, 9.17) is 8.05 Å². The molecule has 0 amide bonds. The van der Waals surface area contributed by atoms with Crippen LogP contribution in [0.3, 0.4) is 0 Å². The van der Waals surface area contributed by atoms with Crippen LogP contribution >= 0.6 is 11.3 Å². The fourth-order valence-electron chi connectivity index (χ4n) is 1.39. The summed E-state index contributed by atoms with van der Waals surface area (Å²) < 4.78 is 16.8. The predicted octanol–water partition coefficient (Wildman–Crippen LogP) is 1.70. The molecule has 0 bridgehead atoms. The van der Waals surface area contributed by atoms with Crippen molar-refractivity contribution in [2.24, 2.45) is 0 Å². The number of hydrogen-bond acceptors (Lipinski definition) is 5. The smallest absolute Gasteiger partial charge is 0.378 e. The Morgan fingerprint density at radius 1 is 1.28 bits per heavy atom. The van der Waals surface area contributed by atoms with Crippen LogP contribution in [0.25, 0.3) is 0 Å². The number of nitrogens with zero attached hydrogens (tertiary/aromatic N) is 2. The second kappa shape index (κ2) is 5.73. The SMILES string of the molecule is [B]OC(=O)c1nnc(CCc2ccc(F)cc2)s1. The Bertz CT molecular complexity index is 544. The molecule has 0 aliphatic rings. The third-order valence-electron chi connectivity index (χ3n) is 2.29. The highest BCUT2D eigenvalue weighted by Gasteiger charge is 2.12. The molecule has 0 atom stereocenters. The first kappa shape index (κ1) is 12.7. The molecule has 18 heavy (non-hydrogen) atoms. The van der Waals surface area contributed by atoms with Crippen molar-refractivity contribution in [2.75, 3.05) is 0 Å². The van der Waals surface area contributed by atoms with Gasteiger partial charge in [-0.15, -0.1) is 10.2 Å². The second-order valence-corrected chi connectivity index (χ2v) is 4.59. The van der Waals surface area contributed by atoms with E-state index in [9.17, 15) is 9.18 Å². The minimum Gasteiger partial charge on any atom is -0.538 e. The number of rotatable bonds is 4. The van der Waals surface area contributed by atoms with E-state index in [1.165, 1.54) is 12.1 Å². The van der Waals surface area contributed by atoms with E-state index in [0.717, 1.165) is 16.9 Å². The van der Waals surface area contributed by atoms with E-state index in [0.29, 0.717) is 17.8 Å². The fraction of sp³-hybridized carbons (Fsp3) is 0.182. The van der Waals surface area contributed by atoms with Crippen molar-refractivity contribution in [1.29, 1.82) is 0 Å². The summed E-state index contributed by atoms with van der Waals surface area (Å²) in [6.45, 7) is 0. The lowest BCUT2D eigenvalue weighted by Crippen LogP contribution is -2.00. The molecule has 2 rings (SSSR count). The van der Waals surface area contributed by atoms with Gasteiger partial charge >= 0.3 is 14.0 Å². The molecule has 0 spiro atoms. The van der Waals surface area contributed by atoms with Gasteiger partial charge in [-0.3, -0.25) is 0 Å². The molecular weight excluding hydrogens is 254 g/mol. The van der Waals surface area contributed by atoms with Gasteiger partial charge in [0.25, 0.3) is 0 Å². The minimum atomic E-state index is -0.694. The molecule has 7 heteroatoms. The van der Waals surface area contributed by atoms with Gasteiger partial charge in [0.05, 0.1) is 0 Å². The highest BCUT2D eigenvalue weighted by Crippen LogP contribution is 2.14. The Kier molecular flexibility index (Phi) is 4.04. The third-order valence-corrected chi connectivity index (χ3v) is 3.25. The summed E-state index contributed by atoms with van der Waals surface area (Å²) in [4.78, 5) is 11.1. The summed E-state index contributed by atoms with van der Waals surface area (Å²) in [6.07, 6.45) is 1.33. The van der Waals surface area contributed by atoms with Crippen LogP contribution in [0.1, 0.15) is 20.4 Å². The minimum absolute atomic E-state index is 0.131. The molecule has 0 unspecified atom stereocenters. The maximum Gasteiger partial charge on any atom is 0.378 e. The van der Waals surface area contributed by atoms with Gasteiger partial charge in [0.15, 0.2) is 0 Å².